The molecule has 2 aliphatic rings. The Labute approximate surface area is 97.0 Å². The number of piperidine rings is 1. The molecule has 2 aliphatic heterocycles. The SMILES string of the molecule is CCC(NC1CCN2CCCC2C1)C(=O)O. The maximum absolute atomic E-state index is 11.0. The van der Waals surface area contributed by atoms with Crippen molar-refractivity contribution in [2.75, 3.05) is 13.1 Å². The summed E-state index contributed by atoms with van der Waals surface area (Å²) in [7, 11) is 0. The van der Waals surface area contributed by atoms with Crippen molar-refractivity contribution in [2.45, 2.75) is 57.2 Å². The third-order valence-corrected chi connectivity index (χ3v) is 3.96. The number of nitrogens with zero attached hydrogens (tertiary/aromatic N) is 1. The number of hydrogen-bond donors (Lipinski definition) is 2. The zero-order chi connectivity index (χ0) is 11.5. The Balaban J connectivity index is 1.84. The van der Waals surface area contributed by atoms with E-state index in [1.807, 2.05) is 6.92 Å². The van der Waals surface area contributed by atoms with Crippen molar-refractivity contribution >= 4 is 5.97 Å². The van der Waals surface area contributed by atoms with Gasteiger partial charge in [0.2, 0.25) is 0 Å². The molecule has 0 aromatic carbocycles. The summed E-state index contributed by atoms with van der Waals surface area (Å²) in [6.45, 7) is 4.31. The van der Waals surface area contributed by atoms with E-state index in [1.165, 1.54) is 19.4 Å². The molecule has 3 atom stereocenters. The monoisotopic (exact) mass is 226 g/mol. The van der Waals surface area contributed by atoms with E-state index in [1.54, 1.807) is 0 Å². The zero-order valence-electron chi connectivity index (χ0n) is 9.98. The van der Waals surface area contributed by atoms with E-state index < -0.39 is 5.97 Å². The molecular weight excluding hydrogens is 204 g/mol. The standard InChI is InChI=1S/C12H22N2O2/c1-2-11(12(15)16)13-9-5-7-14-6-3-4-10(14)8-9/h9-11,13H,2-8H2,1H3,(H,15,16). The fourth-order valence-corrected chi connectivity index (χ4v) is 3.02. The minimum absolute atomic E-state index is 0.363. The summed E-state index contributed by atoms with van der Waals surface area (Å²) in [4.78, 5) is 13.5. The van der Waals surface area contributed by atoms with Gasteiger partial charge in [-0.15, -0.1) is 0 Å². The van der Waals surface area contributed by atoms with Crippen LogP contribution in [0.25, 0.3) is 0 Å². The van der Waals surface area contributed by atoms with Gasteiger partial charge >= 0.3 is 5.97 Å². The number of nitrogens with one attached hydrogen (secondary N) is 1. The maximum Gasteiger partial charge on any atom is 0.320 e. The fourth-order valence-electron chi connectivity index (χ4n) is 3.02. The number of aliphatic carboxylic acids is 1. The first-order chi connectivity index (χ1) is 7.70. The Morgan fingerprint density at radius 2 is 2.31 bits per heavy atom. The molecule has 16 heavy (non-hydrogen) atoms. The smallest absolute Gasteiger partial charge is 0.320 e. The van der Waals surface area contributed by atoms with Crippen molar-refractivity contribution in [2.24, 2.45) is 0 Å². The van der Waals surface area contributed by atoms with E-state index in [4.69, 9.17) is 5.11 Å². The van der Waals surface area contributed by atoms with Crippen LogP contribution in [0.5, 0.6) is 0 Å². The molecule has 0 aromatic heterocycles. The van der Waals surface area contributed by atoms with Gasteiger partial charge in [0.15, 0.2) is 0 Å². The van der Waals surface area contributed by atoms with Gasteiger partial charge in [-0.25, -0.2) is 0 Å². The van der Waals surface area contributed by atoms with Gasteiger partial charge < -0.3 is 15.3 Å². The third kappa shape index (κ3) is 2.55. The van der Waals surface area contributed by atoms with E-state index in [2.05, 4.69) is 10.2 Å². The summed E-state index contributed by atoms with van der Waals surface area (Å²) in [5.41, 5.74) is 0. The van der Waals surface area contributed by atoms with Crippen LogP contribution >= 0.6 is 0 Å². The lowest BCUT2D eigenvalue weighted by atomic mass is 9.96. The summed E-state index contributed by atoms with van der Waals surface area (Å²) in [6, 6.07) is 0.746. The summed E-state index contributed by atoms with van der Waals surface area (Å²) < 4.78 is 0. The van der Waals surface area contributed by atoms with E-state index in [0.29, 0.717) is 18.5 Å². The third-order valence-electron chi connectivity index (χ3n) is 3.96. The van der Waals surface area contributed by atoms with Gasteiger partial charge in [-0.1, -0.05) is 6.92 Å². The van der Waals surface area contributed by atoms with Crippen molar-refractivity contribution in [3.8, 4) is 0 Å². The Morgan fingerprint density at radius 3 is 3.00 bits per heavy atom. The van der Waals surface area contributed by atoms with Crippen molar-refractivity contribution in [1.29, 1.82) is 0 Å². The van der Waals surface area contributed by atoms with Crippen molar-refractivity contribution in [1.82, 2.24) is 10.2 Å². The number of carbonyl (C=O) groups is 1. The fraction of sp³-hybridized carbons (Fsp3) is 0.917. The Bertz CT molecular complexity index is 257. The normalized spacial score (nSPS) is 32.3. The van der Waals surface area contributed by atoms with Gasteiger partial charge in [-0.2, -0.15) is 0 Å². The minimum atomic E-state index is -0.712. The molecule has 2 N–H and O–H groups in total. The number of carboxylic acid groups (broad SMARTS) is 1. The molecule has 0 saturated carbocycles. The van der Waals surface area contributed by atoms with Crippen LogP contribution in [0.3, 0.4) is 0 Å². The maximum atomic E-state index is 11.0. The molecule has 0 bridgehead atoms. The van der Waals surface area contributed by atoms with Crippen LogP contribution in [0.1, 0.15) is 39.0 Å². The van der Waals surface area contributed by atoms with Crippen LogP contribution in [-0.4, -0.2) is 47.2 Å². The van der Waals surface area contributed by atoms with Gasteiger partial charge in [-0.3, -0.25) is 4.79 Å². The van der Waals surface area contributed by atoms with Gasteiger partial charge in [-0.05, 0) is 45.2 Å². The molecule has 0 aliphatic carbocycles. The molecule has 2 heterocycles. The highest BCUT2D eigenvalue weighted by atomic mass is 16.4. The molecule has 4 nitrogen and oxygen atoms in total. The van der Waals surface area contributed by atoms with Crippen LogP contribution in [0.2, 0.25) is 0 Å². The van der Waals surface area contributed by atoms with Crippen LogP contribution in [0.4, 0.5) is 0 Å². The minimum Gasteiger partial charge on any atom is -0.480 e. The van der Waals surface area contributed by atoms with Gasteiger partial charge in [0.1, 0.15) is 6.04 Å². The van der Waals surface area contributed by atoms with Crippen LogP contribution in [-0.2, 0) is 4.79 Å². The predicted molar refractivity (Wildman–Crippen MR) is 62.5 cm³/mol. The predicted octanol–water partition coefficient (Wildman–Crippen LogP) is 1.07. The van der Waals surface area contributed by atoms with E-state index in [0.717, 1.165) is 19.4 Å². The largest absolute Gasteiger partial charge is 0.480 e. The molecular formula is C12H22N2O2. The van der Waals surface area contributed by atoms with E-state index >= 15 is 0 Å². The first-order valence-electron chi connectivity index (χ1n) is 6.43. The van der Waals surface area contributed by atoms with Crippen molar-refractivity contribution < 1.29 is 9.90 Å². The van der Waals surface area contributed by atoms with Gasteiger partial charge in [0.05, 0.1) is 0 Å². The lowest BCUT2D eigenvalue weighted by molar-refractivity contribution is -0.139. The average Bonchev–Trinajstić information content (AvgIpc) is 2.72. The second-order valence-corrected chi connectivity index (χ2v) is 5.02. The summed E-state index contributed by atoms with van der Waals surface area (Å²) >= 11 is 0. The molecule has 2 saturated heterocycles. The quantitative estimate of drug-likeness (QED) is 0.753. The van der Waals surface area contributed by atoms with Crippen LogP contribution < -0.4 is 5.32 Å². The van der Waals surface area contributed by atoms with Crippen molar-refractivity contribution in [3.63, 3.8) is 0 Å². The zero-order valence-corrected chi connectivity index (χ0v) is 9.98. The van der Waals surface area contributed by atoms with Crippen LogP contribution in [0.15, 0.2) is 0 Å². The number of carboxylic acids is 1. The lowest BCUT2D eigenvalue weighted by Crippen LogP contribution is -2.50. The Kier molecular flexibility index (Phi) is 3.82. The van der Waals surface area contributed by atoms with E-state index in [9.17, 15) is 4.79 Å². The molecule has 4 heteroatoms. The second-order valence-electron chi connectivity index (χ2n) is 5.02. The Morgan fingerprint density at radius 1 is 1.50 bits per heavy atom. The highest BCUT2D eigenvalue weighted by Gasteiger charge is 2.32. The topological polar surface area (TPSA) is 52.6 Å². The molecule has 92 valence electrons. The second kappa shape index (κ2) is 5.15. The number of fused-ring (bicyclic) bond motifs is 1. The number of hydrogen-bond acceptors (Lipinski definition) is 3. The highest BCUT2D eigenvalue weighted by Crippen LogP contribution is 2.27. The lowest BCUT2D eigenvalue weighted by Gasteiger charge is -2.36. The van der Waals surface area contributed by atoms with Gasteiger partial charge in [0, 0.05) is 12.1 Å². The van der Waals surface area contributed by atoms with Crippen LogP contribution in [0, 0.1) is 0 Å². The summed E-state index contributed by atoms with van der Waals surface area (Å²) in [5, 5.41) is 12.3. The molecule has 0 amide bonds. The Hall–Kier alpha value is -0.610. The molecule has 3 unspecified atom stereocenters. The first kappa shape index (κ1) is 11.9. The molecule has 2 rings (SSSR count). The summed E-state index contributed by atoms with van der Waals surface area (Å²) in [5.74, 6) is -0.712. The summed E-state index contributed by atoms with van der Waals surface area (Å²) in [6.07, 6.45) is 5.50. The highest BCUT2D eigenvalue weighted by molar-refractivity contribution is 5.73. The van der Waals surface area contributed by atoms with Gasteiger partial charge in [0.25, 0.3) is 0 Å². The first-order valence-corrected chi connectivity index (χ1v) is 6.43. The molecule has 0 radical (unpaired) electrons. The molecule has 0 aromatic rings. The number of rotatable bonds is 4. The van der Waals surface area contributed by atoms with E-state index in [-0.39, 0.29) is 6.04 Å². The molecule has 0 spiro atoms. The van der Waals surface area contributed by atoms with Crippen molar-refractivity contribution in [3.05, 3.63) is 0 Å². The average molecular weight is 226 g/mol. The molecule has 2 fully saturated rings.